The van der Waals surface area contributed by atoms with E-state index >= 15 is 0 Å². The number of nitrogens with zero attached hydrogens (tertiary/aromatic N) is 2. The quantitative estimate of drug-likeness (QED) is 0.300. The number of unbranched alkanes of at least 4 members (excludes halogenated alkanes) is 13. The van der Waals surface area contributed by atoms with Crippen molar-refractivity contribution in [2.45, 2.75) is 110 Å². The van der Waals surface area contributed by atoms with Crippen LogP contribution >= 0.6 is 0 Å². The predicted molar refractivity (Wildman–Crippen MR) is 107 cm³/mol. The van der Waals surface area contributed by atoms with Gasteiger partial charge in [0.05, 0.1) is 0 Å². The molecule has 0 fully saturated rings. The molecule has 0 bridgehead atoms. The van der Waals surface area contributed by atoms with Crippen LogP contribution in [0.25, 0.3) is 0 Å². The van der Waals surface area contributed by atoms with Crippen LogP contribution in [0, 0.1) is 5.92 Å². The van der Waals surface area contributed by atoms with E-state index in [0.717, 1.165) is 6.42 Å². The Bertz CT molecular complexity index is 414. The molecule has 1 unspecified atom stereocenters. The maximum atomic E-state index is 12.1. The van der Waals surface area contributed by atoms with E-state index in [1.807, 2.05) is 6.92 Å². The molecule has 0 saturated heterocycles. The van der Waals surface area contributed by atoms with E-state index in [4.69, 9.17) is 0 Å². The molecule has 1 heterocycles. The summed E-state index contributed by atoms with van der Waals surface area (Å²) >= 11 is 0. The SMILES string of the molecule is CCCCCCCCCCCCCCCCC(C)C(=O)n1ccnc1. The summed E-state index contributed by atoms with van der Waals surface area (Å²) in [4.78, 5) is 16.0. The zero-order valence-electron chi connectivity index (χ0n) is 16.7. The molecule has 0 saturated carbocycles. The minimum atomic E-state index is 0.103. The van der Waals surface area contributed by atoms with E-state index < -0.39 is 0 Å². The second-order valence-corrected chi connectivity index (χ2v) is 7.59. The Hall–Kier alpha value is -1.12. The normalized spacial score (nSPS) is 12.4. The maximum Gasteiger partial charge on any atom is 0.234 e. The van der Waals surface area contributed by atoms with Crippen molar-refractivity contribution >= 4 is 5.91 Å². The van der Waals surface area contributed by atoms with Gasteiger partial charge in [0.2, 0.25) is 5.91 Å². The topological polar surface area (TPSA) is 34.9 Å². The van der Waals surface area contributed by atoms with Crippen LogP contribution in [0.15, 0.2) is 18.7 Å². The summed E-state index contributed by atoms with van der Waals surface area (Å²) in [6, 6.07) is 0. The average molecular weight is 349 g/mol. The van der Waals surface area contributed by atoms with Crippen LogP contribution in [0.4, 0.5) is 0 Å². The Balaban J connectivity index is 1.82. The first-order chi connectivity index (χ1) is 12.3. The van der Waals surface area contributed by atoms with Gasteiger partial charge in [0, 0.05) is 18.3 Å². The van der Waals surface area contributed by atoms with Gasteiger partial charge < -0.3 is 0 Å². The first-order valence-corrected chi connectivity index (χ1v) is 10.8. The Morgan fingerprint density at radius 3 is 1.76 bits per heavy atom. The molecule has 0 radical (unpaired) electrons. The first-order valence-electron chi connectivity index (χ1n) is 10.8. The maximum absolute atomic E-state index is 12.1. The second-order valence-electron chi connectivity index (χ2n) is 7.59. The Morgan fingerprint density at radius 2 is 1.32 bits per heavy atom. The highest BCUT2D eigenvalue weighted by Crippen LogP contribution is 2.15. The van der Waals surface area contributed by atoms with E-state index in [1.54, 1.807) is 23.3 Å². The molecular formula is C22H40N2O. The molecule has 0 aromatic carbocycles. The largest absolute Gasteiger partial charge is 0.276 e. The lowest BCUT2D eigenvalue weighted by Crippen LogP contribution is -2.17. The van der Waals surface area contributed by atoms with Crippen molar-refractivity contribution < 1.29 is 4.79 Å². The summed E-state index contributed by atoms with van der Waals surface area (Å²) in [5.41, 5.74) is 0. The van der Waals surface area contributed by atoms with Gasteiger partial charge in [-0.25, -0.2) is 4.98 Å². The third kappa shape index (κ3) is 11.2. The van der Waals surface area contributed by atoms with Gasteiger partial charge in [0.25, 0.3) is 0 Å². The fourth-order valence-corrected chi connectivity index (χ4v) is 3.41. The highest BCUT2D eigenvalue weighted by atomic mass is 16.2. The molecule has 1 aromatic rings. The van der Waals surface area contributed by atoms with E-state index in [-0.39, 0.29) is 11.8 Å². The van der Waals surface area contributed by atoms with Crippen LogP contribution in [0.1, 0.15) is 115 Å². The molecule has 144 valence electrons. The van der Waals surface area contributed by atoms with E-state index in [0.29, 0.717) is 0 Å². The van der Waals surface area contributed by atoms with Crippen LogP contribution in [0.3, 0.4) is 0 Å². The number of hydrogen-bond donors (Lipinski definition) is 0. The molecule has 0 aliphatic heterocycles. The Labute approximate surface area is 155 Å². The smallest absolute Gasteiger partial charge is 0.234 e. The molecule has 3 nitrogen and oxygen atoms in total. The lowest BCUT2D eigenvalue weighted by Gasteiger charge is -2.10. The third-order valence-corrected chi connectivity index (χ3v) is 5.17. The number of rotatable bonds is 16. The van der Waals surface area contributed by atoms with Crippen molar-refractivity contribution in [3.05, 3.63) is 18.7 Å². The van der Waals surface area contributed by atoms with Gasteiger partial charge in [-0.15, -0.1) is 0 Å². The molecule has 3 heteroatoms. The molecule has 0 amide bonds. The molecule has 0 aliphatic carbocycles. The van der Waals surface area contributed by atoms with E-state index in [9.17, 15) is 4.79 Å². The molecule has 1 aromatic heterocycles. The van der Waals surface area contributed by atoms with Gasteiger partial charge in [0.1, 0.15) is 6.33 Å². The van der Waals surface area contributed by atoms with Gasteiger partial charge >= 0.3 is 0 Å². The van der Waals surface area contributed by atoms with Gasteiger partial charge in [-0.05, 0) is 6.42 Å². The van der Waals surface area contributed by atoms with Gasteiger partial charge in [0.15, 0.2) is 0 Å². The number of aromatic nitrogens is 2. The highest BCUT2D eigenvalue weighted by molar-refractivity contribution is 5.80. The summed E-state index contributed by atoms with van der Waals surface area (Å²) in [6.45, 7) is 4.31. The lowest BCUT2D eigenvalue weighted by molar-refractivity contribution is 0.0836. The van der Waals surface area contributed by atoms with Crippen molar-refractivity contribution in [1.29, 1.82) is 0 Å². The minimum Gasteiger partial charge on any atom is -0.276 e. The van der Waals surface area contributed by atoms with Crippen LogP contribution < -0.4 is 0 Å². The molecule has 0 N–H and O–H groups in total. The first kappa shape index (κ1) is 21.9. The zero-order valence-corrected chi connectivity index (χ0v) is 16.7. The van der Waals surface area contributed by atoms with E-state index in [1.165, 1.54) is 89.9 Å². The molecule has 0 aliphatic rings. The number of carbonyl (C=O) groups is 1. The fourth-order valence-electron chi connectivity index (χ4n) is 3.41. The van der Waals surface area contributed by atoms with Crippen LogP contribution in [-0.2, 0) is 0 Å². The zero-order chi connectivity index (χ0) is 18.2. The molecule has 1 atom stereocenters. The standard InChI is InChI=1S/C22H40N2O/c1-3-4-5-6-7-8-9-10-11-12-13-14-15-16-17-21(2)22(25)24-19-18-23-20-24/h18-21H,3-17H2,1-2H3. The van der Waals surface area contributed by atoms with Crippen molar-refractivity contribution in [2.75, 3.05) is 0 Å². The Morgan fingerprint density at radius 1 is 0.840 bits per heavy atom. The number of carbonyl (C=O) groups excluding carboxylic acids is 1. The third-order valence-electron chi connectivity index (χ3n) is 5.17. The van der Waals surface area contributed by atoms with Crippen molar-refractivity contribution in [1.82, 2.24) is 9.55 Å². The lowest BCUT2D eigenvalue weighted by atomic mass is 10.0. The minimum absolute atomic E-state index is 0.103. The second kappa shape index (κ2) is 15.2. The van der Waals surface area contributed by atoms with E-state index in [2.05, 4.69) is 11.9 Å². The molecule has 1 rings (SSSR count). The average Bonchev–Trinajstić information content (AvgIpc) is 3.15. The summed E-state index contributed by atoms with van der Waals surface area (Å²) in [5, 5.41) is 0. The monoisotopic (exact) mass is 348 g/mol. The summed E-state index contributed by atoms with van der Waals surface area (Å²) in [7, 11) is 0. The predicted octanol–water partition coefficient (Wildman–Crippen LogP) is 7.03. The summed E-state index contributed by atoms with van der Waals surface area (Å²) < 4.78 is 1.61. The number of imidazole rings is 1. The van der Waals surface area contributed by atoms with Crippen molar-refractivity contribution in [2.24, 2.45) is 5.92 Å². The van der Waals surface area contributed by atoms with Crippen molar-refractivity contribution in [3.63, 3.8) is 0 Å². The molecule has 0 spiro atoms. The van der Waals surface area contributed by atoms with Crippen molar-refractivity contribution in [3.8, 4) is 0 Å². The fraction of sp³-hybridized carbons (Fsp3) is 0.818. The summed E-state index contributed by atoms with van der Waals surface area (Å²) in [6.07, 6.45) is 25.3. The molecule has 25 heavy (non-hydrogen) atoms. The Kier molecular flexibility index (Phi) is 13.3. The number of hydrogen-bond acceptors (Lipinski definition) is 2. The van der Waals surface area contributed by atoms with Crippen LogP contribution in [-0.4, -0.2) is 15.5 Å². The van der Waals surface area contributed by atoms with Crippen LogP contribution in [0.2, 0.25) is 0 Å². The summed E-state index contributed by atoms with van der Waals surface area (Å²) in [5.74, 6) is 0.277. The van der Waals surface area contributed by atoms with Crippen LogP contribution in [0.5, 0.6) is 0 Å². The van der Waals surface area contributed by atoms with Gasteiger partial charge in [-0.1, -0.05) is 104 Å². The van der Waals surface area contributed by atoms with Gasteiger partial charge in [-0.3, -0.25) is 9.36 Å². The highest BCUT2D eigenvalue weighted by Gasteiger charge is 2.13. The molecular weight excluding hydrogens is 308 g/mol. The van der Waals surface area contributed by atoms with Gasteiger partial charge in [-0.2, -0.15) is 0 Å².